The second kappa shape index (κ2) is 4.56. The number of halogens is 1. The summed E-state index contributed by atoms with van der Waals surface area (Å²) >= 11 is 5.63. The van der Waals surface area contributed by atoms with Crippen LogP contribution in [0.2, 0.25) is 5.02 Å². The molecule has 7 heteroatoms. The van der Waals surface area contributed by atoms with Crippen molar-refractivity contribution in [3.8, 4) is 0 Å². The molecule has 0 aromatic heterocycles. The Bertz CT molecular complexity index is 446. The molecule has 0 radical (unpaired) electrons. The van der Waals surface area contributed by atoms with Gasteiger partial charge < -0.3 is 10.3 Å². The van der Waals surface area contributed by atoms with Crippen LogP contribution in [-0.2, 0) is 10.1 Å². The van der Waals surface area contributed by atoms with Crippen LogP contribution < -0.4 is 24.6 Å². The molecule has 1 aromatic carbocycles. The van der Waals surface area contributed by atoms with Crippen LogP contribution in [0.4, 0.5) is 5.69 Å². The van der Waals surface area contributed by atoms with E-state index in [-0.39, 0.29) is 29.6 Å². The SMILES string of the molecule is Cc1cc(N)c(S(=O)(=O)[O-])cc1Cl.[Li+]. The van der Waals surface area contributed by atoms with Crippen LogP contribution in [-0.4, -0.2) is 13.0 Å². The first kappa shape index (κ1) is 13.8. The van der Waals surface area contributed by atoms with Gasteiger partial charge in [0.1, 0.15) is 10.1 Å². The third-order valence-electron chi connectivity index (χ3n) is 1.56. The van der Waals surface area contributed by atoms with Crippen LogP contribution >= 0.6 is 11.6 Å². The smallest absolute Gasteiger partial charge is 0.744 e. The molecule has 0 aliphatic carbocycles. The van der Waals surface area contributed by atoms with E-state index in [0.717, 1.165) is 6.07 Å². The van der Waals surface area contributed by atoms with Gasteiger partial charge in [-0.05, 0) is 24.6 Å². The van der Waals surface area contributed by atoms with Crippen molar-refractivity contribution < 1.29 is 31.8 Å². The first-order valence-electron chi connectivity index (χ1n) is 3.34. The Morgan fingerprint density at radius 3 is 2.36 bits per heavy atom. The number of nitrogens with two attached hydrogens (primary N) is 1. The van der Waals surface area contributed by atoms with Crippen molar-refractivity contribution in [2.45, 2.75) is 11.8 Å². The summed E-state index contributed by atoms with van der Waals surface area (Å²) in [6, 6.07) is 2.42. The molecule has 0 aliphatic heterocycles. The predicted octanol–water partition coefficient (Wildman–Crippen LogP) is -1.86. The van der Waals surface area contributed by atoms with Crippen molar-refractivity contribution in [1.29, 1.82) is 0 Å². The predicted molar refractivity (Wildman–Crippen MR) is 48.6 cm³/mol. The Morgan fingerprint density at radius 1 is 1.43 bits per heavy atom. The molecule has 0 heterocycles. The quantitative estimate of drug-likeness (QED) is 0.346. The number of hydrogen-bond donors (Lipinski definition) is 1. The monoisotopic (exact) mass is 227 g/mol. The summed E-state index contributed by atoms with van der Waals surface area (Å²) in [5, 5.41) is 0.212. The maximum absolute atomic E-state index is 10.6. The van der Waals surface area contributed by atoms with Gasteiger partial charge in [0.05, 0.1) is 4.90 Å². The Morgan fingerprint density at radius 2 is 1.93 bits per heavy atom. The summed E-state index contributed by atoms with van der Waals surface area (Å²) in [5.74, 6) is 0. The average molecular weight is 228 g/mol. The molecule has 0 saturated carbocycles. The van der Waals surface area contributed by atoms with Crippen LogP contribution in [0.25, 0.3) is 0 Å². The molecule has 0 saturated heterocycles. The zero-order valence-electron chi connectivity index (χ0n) is 7.74. The number of hydrogen-bond acceptors (Lipinski definition) is 4. The van der Waals surface area contributed by atoms with E-state index in [1.54, 1.807) is 6.92 Å². The number of aryl methyl sites for hydroxylation is 1. The molecule has 0 unspecified atom stereocenters. The average Bonchev–Trinajstić information content (AvgIpc) is 1.94. The van der Waals surface area contributed by atoms with Gasteiger partial charge in [-0.2, -0.15) is 0 Å². The van der Waals surface area contributed by atoms with E-state index in [1.807, 2.05) is 0 Å². The minimum Gasteiger partial charge on any atom is -0.744 e. The first-order valence-corrected chi connectivity index (χ1v) is 5.12. The molecule has 1 rings (SSSR count). The molecule has 72 valence electrons. The van der Waals surface area contributed by atoms with Gasteiger partial charge in [0, 0.05) is 10.7 Å². The molecule has 1 aromatic rings. The number of benzene rings is 1. The Balaban J connectivity index is 0.00000169. The molecular formula is C7H7ClLiNO3S. The van der Waals surface area contributed by atoms with Gasteiger partial charge in [-0.3, -0.25) is 0 Å². The zero-order chi connectivity index (χ0) is 10.2. The third-order valence-corrected chi connectivity index (χ3v) is 2.86. The van der Waals surface area contributed by atoms with Gasteiger partial charge in [-0.15, -0.1) is 0 Å². The van der Waals surface area contributed by atoms with E-state index in [0.29, 0.717) is 5.56 Å². The summed E-state index contributed by atoms with van der Waals surface area (Å²) in [5.41, 5.74) is 5.90. The van der Waals surface area contributed by atoms with Crippen molar-refractivity contribution in [2.24, 2.45) is 0 Å². The molecule has 2 N–H and O–H groups in total. The minimum absolute atomic E-state index is 0. The molecule has 0 bridgehead atoms. The largest absolute Gasteiger partial charge is 1.00 e. The Kier molecular flexibility index (Phi) is 4.50. The van der Waals surface area contributed by atoms with Crippen LogP contribution in [0.5, 0.6) is 0 Å². The van der Waals surface area contributed by atoms with E-state index in [2.05, 4.69) is 0 Å². The van der Waals surface area contributed by atoms with E-state index in [9.17, 15) is 13.0 Å². The second-order valence-electron chi connectivity index (χ2n) is 2.59. The van der Waals surface area contributed by atoms with Gasteiger partial charge in [-0.25, -0.2) is 8.42 Å². The maximum Gasteiger partial charge on any atom is 1.00 e. The summed E-state index contributed by atoms with van der Waals surface area (Å²) in [6.07, 6.45) is 0. The molecule has 0 amide bonds. The Hall–Kier alpha value is -0.183. The van der Waals surface area contributed by atoms with Crippen molar-refractivity contribution in [1.82, 2.24) is 0 Å². The number of nitrogen functional groups attached to an aromatic ring is 1. The molecule has 14 heavy (non-hydrogen) atoms. The molecular weight excluding hydrogens is 221 g/mol. The van der Waals surface area contributed by atoms with Crippen molar-refractivity contribution in [3.63, 3.8) is 0 Å². The molecule has 0 aliphatic rings. The Labute approximate surface area is 99.4 Å². The van der Waals surface area contributed by atoms with Crippen LogP contribution in [0.3, 0.4) is 0 Å². The summed E-state index contributed by atoms with van der Waals surface area (Å²) in [6.45, 7) is 1.67. The van der Waals surface area contributed by atoms with Gasteiger partial charge >= 0.3 is 18.9 Å². The van der Waals surface area contributed by atoms with Crippen LogP contribution in [0.1, 0.15) is 5.56 Å². The summed E-state index contributed by atoms with van der Waals surface area (Å²) in [7, 11) is -4.53. The fourth-order valence-electron chi connectivity index (χ4n) is 0.902. The standard InChI is InChI=1S/C7H8ClNO3S.Li/c1-4-2-6(9)7(3-5(4)8)13(10,11)12;/h2-3H,9H2,1H3,(H,10,11,12);/q;+1/p-1. The topological polar surface area (TPSA) is 83.2 Å². The van der Waals surface area contributed by atoms with E-state index in [4.69, 9.17) is 17.3 Å². The maximum atomic E-state index is 10.6. The van der Waals surface area contributed by atoms with Crippen LogP contribution in [0.15, 0.2) is 17.0 Å². The fourth-order valence-corrected chi connectivity index (χ4v) is 1.74. The third kappa shape index (κ3) is 2.91. The normalized spacial score (nSPS) is 10.8. The number of anilines is 1. The van der Waals surface area contributed by atoms with E-state index < -0.39 is 15.0 Å². The summed E-state index contributed by atoms with van der Waals surface area (Å²) in [4.78, 5) is -0.469. The second-order valence-corrected chi connectivity index (χ2v) is 4.35. The minimum atomic E-state index is -4.53. The van der Waals surface area contributed by atoms with Crippen molar-refractivity contribution >= 4 is 27.4 Å². The van der Waals surface area contributed by atoms with Gasteiger partial charge in [0.2, 0.25) is 0 Å². The van der Waals surface area contributed by atoms with Gasteiger partial charge in [0.15, 0.2) is 0 Å². The number of rotatable bonds is 1. The molecule has 4 nitrogen and oxygen atoms in total. The van der Waals surface area contributed by atoms with Gasteiger partial charge in [0.25, 0.3) is 0 Å². The van der Waals surface area contributed by atoms with Crippen LogP contribution in [0, 0.1) is 6.92 Å². The van der Waals surface area contributed by atoms with Crippen molar-refractivity contribution in [2.75, 3.05) is 5.73 Å². The summed E-state index contributed by atoms with van der Waals surface area (Å²) < 4.78 is 31.9. The fraction of sp³-hybridized carbons (Fsp3) is 0.143. The van der Waals surface area contributed by atoms with E-state index >= 15 is 0 Å². The van der Waals surface area contributed by atoms with Crippen molar-refractivity contribution in [3.05, 3.63) is 22.7 Å². The zero-order valence-corrected chi connectivity index (χ0v) is 9.32. The molecule has 0 fully saturated rings. The first-order chi connectivity index (χ1) is 5.82. The van der Waals surface area contributed by atoms with E-state index in [1.165, 1.54) is 6.07 Å². The molecule has 0 atom stereocenters. The molecule has 0 spiro atoms. The van der Waals surface area contributed by atoms with Gasteiger partial charge in [-0.1, -0.05) is 11.6 Å².